The number of nitrogens with two attached hydrogens (primary N) is 1. The van der Waals surface area contributed by atoms with Crippen LogP contribution in [-0.2, 0) is 0 Å². The Morgan fingerprint density at radius 1 is 1.24 bits per heavy atom. The van der Waals surface area contributed by atoms with Crippen molar-refractivity contribution >= 4 is 24.1 Å². The van der Waals surface area contributed by atoms with E-state index in [0.717, 1.165) is 18.5 Å². The molecule has 0 bridgehead atoms. The highest BCUT2D eigenvalue weighted by Gasteiger charge is 1.99. The van der Waals surface area contributed by atoms with Gasteiger partial charge in [-0.25, -0.2) is 4.79 Å². The van der Waals surface area contributed by atoms with E-state index >= 15 is 0 Å². The first-order valence-corrected chi connectivity index (χ1v) is 5.54. The molecule has 0 spiro atoms. The first-order valence-electron chi connectivity index (χ1n) is 5.54. The number of hydrogen-bond donors (Lipinski definition) is 3. The second-order valence-electron chi connectivity index (χ2n) is 3.74. The summed E-state index contributed by atoms with van der Waals surface area (Å²) in [6, 6.07) is 7.53. The summed E-state index contributed by atoms with van der Waals surface area (Å²) >= 11 is 0. The average molecular weight is 258 g/mol. The number of carbonyl (C=O) groups excluding carboxylic acids is 1. The van der Waals surface area contributed by atoms with Crippen molar-refractivity contribution < 1.29 is 4.79 Å². The predicted octanol–water partition coefficient (Wildman–Crippen LogP) is 2.28. The van der Waals surface area contributed by atoms with Gasteiger partial charge in [0.1, 0.15) is 0 Å². The molecule has 0 saturated heterocycles. The molecule has 2 amide bonds. The Hall–Kier alpha value is -1.26. The van der Waals surface area contributed by atoms with Crippen LogP contribution in [0.25, 0.3) is 0 Å². The maximum atomic E-state index is 11.4. The van der Waals surface area contributed by atoms with Gasteiger partial charge < -0.3 is 16.4 Å². The van der Waals surface area contributed by atoms with Crippen LogP contribution in [0.1, 0.15) is 18.4 Å². The molecule has 5 heteroatoms. The average Bonchev–Trinajstić information content (AvgIpc) is 2.28. The van der Waals surface area contributed by atoms with Crippen LogP contribution in [0, 0.1) is 6.92 Å². The molecule has 0 aliphatic carbocycles. The Morgan fingerprint density at radius 3 is 2.47 bits per heavy atom. The first-order chi connectivity index (χ1) is 7.72. The number of unbranched alkanes of at least 4 members (excludes halogenated alkanes) is 1. The van der Waals surface area contributed by atoms with Crippen LogP contribution in [0.4, 0.5) is 10.5 Å². The fourth-order valence-corrected chi connectivity index (χ4v) is 1.28. The van der Waals surface area contributed by atoms with Crippen LogP contribution >= 0.6 is 12.4 Å². The smallest absolute Gasteiger partial charge is 0.319 e. The second-order valence-corrected chi connectivity index (χ2v) is 3.74. The van der Waals surface area contributed by atoms with E-state index in [4.69, 9.17) is 5.73 Å². The normalized spacial score (nSPS) is 9.29. The SMILES string of the molecule is Cc1ccc(NC(=O)NCCCCN)cc1.Cl. The van der Waals surface area contributed by atoms with Crippen molar-refractivity contribution in [2.24, 2.45) is 5.73 Å². The van der Waals surface area contributed by atoms with Gasteiger partial charge in [0.25, 0.3) is 0 Å². The van der Waals surface area contributed by atoms with Crippen molar-refractivity contribution in [3.8, 4) is 0 Å². The number of anilines is 1. The minimum atomic E-state index is -0.166. The summed E-state index contributed by atoms with van der Waals surface area (Å²) in [7, 11) is 0. The first kappa shape index (κ1) is 15.7. The highest BCUT2D eigenvalue weighted by atomic mass is 35.5. The standard InChI is InChI=1S/C12H19N3O.ClH/c1-10-4-6-11(7-5-10)15-12(16)14-9-3-2-8-13;/h4-7H,2-3,8-9,13H2,1H3,(H2,14,15,16);1H. The Kier molecular flexibility index (Phi) is 8.19. The van der Waals surface area contributed by atoms with Crippen molar-refractivity contribution in [1.82, 2.24) is 5.32 Å². The van der Waals surface area contributed by atoms with Gasteiger partial charge in [-0.05, 0) is 38.4 Å². The molecule has 0 aromatic heterocycles. The summed E-state index contributed by atoms with van der Waals surface area (Å²) < 4.78 is 0. The van der Waals surface area contributed by atoms with Gasteiger partial charge in [0.15, 0.2) is 0 Å². The molecule has 1 aromatic carbocycles. The molecule has 0 aliphatic heterocycles. The molecule has 0 radical (unpaired) electrons. The molecular weight excluding hydrogens is 238 g/mol. The minimum absolute atomic E-state index is 0. The zero-order chi connectivity index (χ0) is 11.8. The third-order valence-electron chi connectivity index (χ3n) is 2.23. The van der Waals surface area contributed by atoms with Gasteiger partial charge in [-0.1, -0.05) is 17.7 Å². The Bertz CT molecular complexity index is 327. The summed E-state index contributed by atoms with van der Waals surface area (Å²) in [4.78, 5) is 11.4. The molecule has 0 heterocycles. The number of carbonyl (C=O) groups is 1. The zero-order valence-corrected chi connectivity index (χ0v) is 10.8. The minimum Gasteiger partial charge on any atom is -0.338 e. The summed E-state index contributed by atoms with van der Waals surface area (Å²) in [6.45, 7) is 3.34. The van der Waals surface area contributed by atoms with Gasteiger partial charge in [0.2, 0.25) is 0 Å². The maximum absolute atomic E-state index is 11.4. The van der Waals surface area contributed by atoms with Crippen molar-refractivity contribution in [3.63, 3.8) is 0 Å². The van der Waals surface area contributed by atoms with Gasteiger partial charge >= 0.3 is 6.03 Å². The largest absolute Gasteiger partial charge is 0.338 e. The number of aryl methyl sites for hydroxylation is 1. The van der Waals surface area contributed by atoms with E-state index in [1.165, 1.54) is 5.56 Å². The summed E-state index contributed by atoms with van der Waals surface area (Å²) in [5, 5.41) is 5.54. The quantitative estimate of drug-likeness (QED) is 0.709. The molecule has 0 unspecified atom stereocenters. The third kappa shape index (κ3) is 6.81. The summed E-state index contributed by atoms with van der Waals surface area (Å²) in [6.07, 6.45) is 1.85. The Morgan fingerprint density at radius 2 is 1.88 bits per heavy atom. The number of halogens is 1. The lowest BCUT2D eigenvalue weighted by atomic mass is 10.2. The highest BCUT2D eigenvalue weighted by Crippen LogP contribution is 2.07. The van der Waals surface area contributed by atoms with Gasteiger partial charge in [-0.2, -0.15) is 0 Å². The number of benzene rings is 1. The van der Waals surface area contributed by atoms with E-state index in [1.807, 2.05) is 31.2 Å². The number of nitrogens with one attached hydrogen (secondary N) is 2. The van der Waals surface area contributed by atoms with E-state index < -0.39 is 0 Å². The Balaban J connectivity index is 0.00000256. The summed E-state index contributed by atoms with van der Waals surface area (Å²) in [5.41, 5.74) is 7.34. The topological polar surface area (TPSA) is 67.2 Å². The molecule has 0 fully saturated rings. The van der Waals surface area contributed by atoms with Crippen molar-refractivity contribution in [1.29, 1.82) is 0 Å². The lowest BCUT2D eigenvalue weighted by Gasteiger charge is -2.07. The molecule has 0 aliphatic rings. The lowest BCUT2D eigenvalue weighted by molar-refractivity contribution is 0.252. The molecule has 1 aromatic rings. The van der Waals surface area contributed by atoms with Crippen LogP contribution in [0.15, 0.2) is 24.3 Å². The second kappa shape index (κ2) is 8.84. The molecule has 4 nitrogen and oxygen atoms in total. The van der Waals surface area contributed by atoms with Crippen LogP contribution in [0.2, 0.25) is 0 Å². The van der Waals surface area contributed by atoms with Crippen LogP contribution in [0.5, 0.6) is 0 Å². The van der Waals surface area contributed by atoms with E-state index in [0.29, 0.717) is 13.1 Å². The van der Waals surface area contributed by atoms with Gasteiger partial charge in [0.05, 0.1) is 0 Å². The molecule has 1 rings (SSSR count). The summed E-state index contributed by atoms with van der Waals surface area (Å²) in [5.74, 6) is 0. The van der Waals surface area contributed by atoms with E-state index in [9.17, 15) is 4.79 Å². The van der Waals surface area contributed by atoms with E-state index in [2.05, 4.69) is 10.6 Å². The van der Waals surface area contributed by atoms with Gasteiger partial charge in [-0.15, -0.1) is 12.4 Å². The number of urea groups is 1. The molecular formula is C12H20ClN3O. The maximum Gasteiger partial charge on any atom is 0.319 e. The molecule has 4 N–H and O–H groups in total. The Labute approximate surface area is 108 Å². The van der Waals surface area contributed by atoms with Gasteiger partial charge in [0, 0.05) is 12.2 Å². The fraction of sp³-hybridized carbons (Fsp3) is 0.417. The van der Waals surface area contributed by atoms with Crippen molar-refractivity contribution in [2.45, 2.75) is 19.8 Å². The van der Waals surface area contributed by atoms with E-state index in [1.54, 1.807) is 0 Å². The zero-order valence-electron chi connectivity index (χ0n) is 10.0. The van der Waals surface area contributed by atoms with Crippen molar-refractivity contribution in [2.75, 3.05) is 18.4 Å². The number of hydrogen-bond acceptors (Lipinski definition) is 2. The number of amides is 2. The monoisotopic (exact) mass is 257 g/mol. The lowest BCUT2D eigenvalue weighted by Crippen LogP contribution is -2.29. The highest BCUT2D eigenvalue weighted by molar-refractivity contribution is 5.89. The van der Waals surface area contributed by atoms with Gasteiger partial charge in [-0.3, -0.25) is 0 Å². The van der Waals surface area contributed by atoms with Crippen LogP contribution in [-0.4, -0.2) is 19.1 Å². The molecule has 96 valence electrons. The van der Waals surface area contributed by atoms with Crippen LogP contribution < -0.4 is 16.4 Å². The van der Waals surface area contributed by atoms with Crippen LogP contribution in [0.3, 0.4) is 0 Å². The van der Waals surface area contributed by atoms with Crippen molar-refractivity contribution in [3.05, 3.63) is 29.8 Å². The molecule has 0 saturated carbocycles. The molecule has 17 heavy (non-hydrogen) atoms. The fourth-order valence-electron chi connectivity index (χ4n) is 1.28. The number of rotatable bonds is 5. The molecule has 0 atom stereocenters. The third-order valence-corrected chi connectivity index (χ3v) is 2.23. The predicted molar refractivity (Wildman–Crippen MR) is 73.7 cm³/mol. The van der Waals surface area contributed by atoms with E-state index in [-0.39, 0.29) is 18.4 Å².